The third-order valence-corrected chi connectivity index (χ3v) is 1.71. The molecular weight excluding hydrogens is 219 g/mol. The van der Waals surface area contributed by atoms with Crippen LogP contribution in [0.3, 0.4) is 0 Å². The highest BCUT2D eigenvalue weighted by molar-refractivity contribution is 5.85. The molecule has 2 nitrogen and oxygen atoms in total. The van der Waals surface area contributed by atoms with Crippen LogP contribution in [0.1, 0.15) is 24.4 Å². The molecule has 0 bridgehead atoms. The molecule has 1 aromatic heterocycles. The summed E-state index contributed by atoms with van der Waals surface area (Å²) in [4.78, 5) is 0. The number of rotatable bonds is 3. The Bertz CT molecular complexity index is 248. The third kappa shape index (κ3) is 4.53. The second-order valence-electron chi connectivity index (χ2n) is 2.82. The maximum atomic E-state index is 11.8. The van der Waals surface area contributed by atoms with Crippen LogP contribution in [-0.2, 0) is 0 Å². The molecule has 0 aliphatic rings. The lowest BCUT2D eigenvalue weighted by molar-refractivity contribution is -0.136. The number of halogens is 4. The summed E-state index contributed by atoms with van der Waals surface area (Å²) >= 11 is 0. The van der Waals surface area contributed by atoms with Gasteiger partial charge in [-0.3, -0.25) is 0 Å². The van der Waals surface area contributed by atoms with Crippen molar-refractivity contribution in [3.8, 4) is 0 Å². The second kappa shape index (κ2) is 5.26. The SMILES string of the molecule is Cl.N[C@@H](CCC(F)(F)F)c1ccoc1. The van der Waals surface area contributed by atoms with E-state index >= 15 is 0 Å². The van der Waals surface area contributed by atoms with Gasteiger partial charge in [-0.05, 0) is 12.5 Å². The van der Waals surface area contributed by atoms with E-state index in [0.717, 1.165) is 0 Å². The molecule has 0 aliphatic carbocycles. The van der Waals surface area contributed by atoms with Crippen molar-refractivity contribution in [2.24, 2.45) is 5.73 Å². The fourth-order valence-electron chi connectivity index (χ4n) is 0.972. The molecule has 0 aromatic carbocycles. The topological polar surface area (TPSA) is 39.2 Å². The van der Waals surface area contributed by atoms with Gasteiger partial charge in [0.15, 0.2) is 0 Å². The van der Waals surface area contributed by atoms with Gasteiger partial charge in [0.05, 0.1) is 12.5 Å². The molecule has 1 aromatic rings. The zero-order valence-corrected chi connectivity index (χ0v) is 8.07. The van der Waals surface area contributed by atoms with Crippen LogP contribution in [0.25, 0.3) is 0 Å². The molecule has 0 fully saturated rings. The van der Waals surface area contributed by atoms with Gasteiger partial charge in [0, 0.05) is 18.0 Å². The van der Waals surface area contributed by atoms with Crippen molar-refractivity contribution in [2.75, 3.05) is 0 Å². The normalized spacial score (nSPS) is 13.4. The Morgan fingerprint density at radius 3 is 2.50 bits per heavy atom. The fraction of sp³-hybridized carbons (Fsp3) is 0.500. The quantitative estimate of drug-likeness (QED) is 0.865. The van der Waals surface area contributed by atoms with E-state index in [0.29, 0.717) is 5.56 Å². The highest BCUT2D eigenvalue weighted by atomic mass is 35.5. The molecule has 1 rings (SSSR count). The van der Waals surface area contributed by atoms with Crippen molar-refractivity contribution in [1.82, 2.24) is 0 Å². The lowest BCUT2D eigenvalue weighted by Crippen LogP contribution is -2.15. The largest absolute Gasteiger partial charge is 0.472 e. The van der Waals surface area contributed by atoms with E-state index in [1.54, 1.807) is 6.07 Å². The molecule has 0 saturated heterocycles. The van der Waals surface area contributed by atoms with E-state index in [2.05, 4.69) is 0 Å². The monoisotopic (exact) mass is 229 g/mol. The van der Waals surface area contributed by atoms with Crippen LogP contribution in [0.15, 0.2) is 23.0 Å². The minimum Gasteiger partial charge on any atom is -0.472 e. The van der Waals surface area contributed by atoms with E-state index in [1.165, 1.54) is 12.5 Å². The molecule has 0 aliphatic heterocycles. The zero-order chi connectivity index (χ0) is 9.90. The number of furan rings is 1. The smallest absolute Gasteiger partial charge is 0.389 e. The second-order valence-corrected chi connectivity index (χ2v) is 2.82. The van der Waals surface area contributed by atoms with Gasteiger partial charge < -0.3 is 10.2 Å². The Kier molecular flexibility index (Phi) is 5.01. The van der Waals surface area contributed by atoms with Gasteiger partial charge in [0.1, 0.15) is 0 Å². The molecule has 6 heteroatoms. The predicted octanol–water partition coefficient (Wildman–Crippen LogP) is 3.04. The summed E-state index contributed by atoms with van der Waals surface area (Å²) in [6, 6.07) is 0.974. The zero-order valence-electron chi connectivity index (χ0n) is 7.25. The van der Waals surface area contributed by atoms with Crippen molar-refractivity contribution in [1.29, 1.82) is 0 Å². The number of hydrogen-bond donors (Lipinski definition) is 1. The molecule has 0 spiro atoms. The first kappa shape index (κ1) is 13.3. The summed E-state index contributed by atoms with van der Waals surface area (Å²) in [5.74, 6) is 0. The van der Waals surface area contributed by atoms with Gasteiger partial charge >= 0.3 is 6.18 Å². The van der Waals surface area contributed by atoms with Gasteiger partial charge in [-0.1, -0.05) is 0 Å². The Labute approximate surface area is 85.7 Å². The first-order valence-corrected chi connectivity index (χ1v) is 3.83. The Morgan fingerprint density at radius 2 is 2.07 bits per heavy atom. The Morgan fingerprint density at radius 1 is 1.43 bits per heavy atom. The van der Waals surface area contributed by atoms with E-state index in [-0.39, 0.29) is 18.8 Å². The predicted molar refractivity (Wildman–Crippen MR) is 48.2 cm³/mol. The van der Waals surface area contributed by atoms with Crippen LogP contribution in [0.5, 0.6) is 0 Å². The van der Waals surface area contributed by atoms with E-state index in [4.69, 9.17) is 10.2 Å². The molecule has 0 unspecified atom stereocenters. The molecular formula is C8H11ClF3NO. The Hall–Kier alpha value is -0.680. The minimum atomic E-state index is -4.14. The van der Waals surface area contributed by atoms with Crippen molar-refractivity contribution in [3.63, 3.8) is 0 Å². The highest BCUT2D eigenvalue weighted by Gasteiger charge is 2.27. The number of hydrogen-bond acceptors (Lipinski definition) is 2. The molecule has 0 amide bonds. The standard InChI is InChI=1S/C8H10F3NO.ClH/c9-8(10,11)3-1-7(12)6-2-4-13-5-6;/h2,4-5,7H,1,3,12H2;1H/t7-;/m0./s1. The van der Waals surface area contributed by atoms with Crippen LogP contribution in [0.2, 0.25) is 0 Å². The first-order chi connectivity index (χ1) is 5.99. The van der Waals surface area contributed by atoms with Crippen molar-refractivity contribution in [3.05, 3.63) is 24.2 Å². The van der Waals surface area contributed by atoms with Gasteiger partial charge in [-0.2, -0.15) is 13.2 Å². The summed E-state index contributed by atoms with van der Waals surface area (Å²) in [7, 11) is 0. The number of alkyl halides is 3. The van der Waals surface area contributed by atoms with Crippen LogP contribution >= 0.6 is 12.4 Å². The third-order valence-electron chi connectivity index (χ3n) is 1.71. The summed E-state index contributed by atoms with van der Waals surface area (Å²) in [6.45, 7) is 0. The van der Waals surface area contributed by atoms with E-state index in [1.807, 2.05) is 0 Å². The van der Waals surface area contributed by atoms with E-state index in [9.17, 15) is 13.2 Å². The van der Waals surface area contributed by atoms with Crippen LogP contribution < -0.4 is 5.73 Å². The molecule has 0 radical (unpaired) electrons. The van der Waals surface area contributed by atoms with Crippen molar-refractivity contribution in [2.45, 2.75) is 25.1 Å². The van der Waals surface area contributed by atoms with Crippen molar-refractivity contribution < 1.29 is 17.6 Å². The average Bonchev–Trinajstić information content (AvgIpc) is 2.50. The van der Waals surface area contributed by atoms with Gasteiger partial charge in [-0.15, -0.1) is 12.4 Å². The lowest BCUT2D eigenvalue weighted by atomic mass is 10.1. The van der Waals surface area contributed by atoms with Gasteiger partial charge in [0.2, 0.25) is 0 Å². The molecule has 2 N–H and O–H groups in total. The lowest BCUT2D eigenvalue weighted by Gasteiger charge is -2.10. The average molecular weight is 230 g/mol. The van der Waals surface area contributed by atoms with Crippen LogP contribution in [-0.4, -0.2) is 6.18 Å². The van der Waals surface area contributed by atoms with Gasteiger partial charge in [0.25, 0.3) is 0 Å². The molecule has 1 atom stereocenters. The summed E-state index contributed by atoms with van der Waals surface area (Å²) in [6.07, 6.45) is -2.35. The number of nitrogens with two attached hydrogens (primary N) is 1. The molecule has 14 heavy (non-hydrogen) atoms. The van der Waals surface area contributed by atoms with Crippen LogP contribution in [0, 0.1) is 0 Å². The Balaban J connectivity index is 0.00000169. The highest BCUT2D eigenvalue weighted by Crippen LogP contribution is 2.26. The molecule has 0 saturated carbocycles. The summed E-state index contributed by atoms with van der Waals surface area (Å²) in [5, 5.41) is 0. The minimum absolute atomic E-state index is 0. The van der Waals surface area contributed by atoms with Crippen molar-refractivity contribution >= 4 is 12.4 Å². The molecule has 82 valence electrons. The van der Waals surface area contributed by atoms with Crippen LogP contribution in [0.4, 0.5) is 13.2 Å². The maximum Gasteiger partial charge on any atom is 0.389 e. The fourth-order valence-corrected chi connectivity index (χ4v) is 0.972. The first-order valence-electron chi connectivity index (χ1n) is 3.83. The van der Waals surface area contributed by atoms with Gasteiger partial charge in [-0.25, -0.2) is 0 Å². The summed E-state index contributed by atoms with van der Waals surface area (Å²) in [5.41, 5.74) is 6.09. The maximum absolute atomic E-state index is 11.8. The van der Waals surface area contributed by atoms with E-state index < -0.39 is 18.6 Å². The summed E-state index contributed by atoms with van der Waals surface area (Å²) < 4.78 is 40.0. The molecule has 1 heterocycles.